The molecule has 21 heavy (non-hydrogen) atoms. The molecule has 4 fully saturated rings. The Morgan fingerprint density at radius 2 is 1.67 bits per heavy atom. The van der Waals surface area contributed by atoms with Crippen molar-refractivity contribution in [3.05, 3.63) is 5.89 Å². The summed E-state index contributed by atoms with van der Waals surface area (Å²) in [4.78, 5) is 0. The minimum atomic E-state index is -0.206. The molecule has 1 aromatic rings. The monoisotopic (exact) mass is 290 g/mol. The normalized spacial score (nSPS) is 40.2. The number of nitrogens with zero attached hydrogens (tertiary/aromatic N) is 2. The molecule has 5 heteroatoms. The Balaban J connectivity index is 1.50. The second-order valence-electron chi connectivity index (χ2n) is 7.88. The number of aromatic nitrogens is 2. The van der Waals surface area contributed by atoms with Crippen LogP contribution in [0.25, 0.3) is 0 Å². The van der Waals surface area contributed by atoms with Gasteiger partial charge in [0.25, 0.3) is 0 Å². The fraction of sp³-hybridized carbons (Fsp3) is 0.875. The van der Waals surface area contributed by atoms with Gasteiger partial charge in [-0.3, -0.25) is 0 Å². The molecular weight excluding hydrogens is 264 g/mol. The lowest BCUT2D eigenvalue weighted by Crippen LogP contribution is -2.52. The maximum absolute atomic E-state index is 5.78. The van der Waals surface area contributed by atoms with Gasteiger partial charge in [0.1, 0.15) is 0 Å². The van der Waals surface area contributed by atoms with E-state index in [1.165, 1.54) is 38.5 Å². The highest BCUT2D eigenvalue weighted by Crippen LogP contribution is 2.61. The number of nitrogens with two attached hydrogens (primary N) is 1. The van der Waals surface area contributed by atoms with Crippen LogP contribution in [0.2, 0.25) is 0 Å². The molecule has 3 N–H and O–H groups in total. The van der Waals surface area contributed by atoms with Gasteiger partial charge in [0.15, 0.2) is 0 Å². The van der Waals surface area contributed by atoms with Gasteiger partial charge in [-0.25, -0.2) is 0 Å². The minimum absolute atomic E-state index is 0.206. The van der Waals surface area contributed by atoms with Crippen molar-refractivity contribution in [2.45, 2.75) is 64.5 Å². The van der Waals surface area contributed by atoms with Crippen molar-refractivity contribution in [2.24, 2.45) is 28.9 Å². The Bertz CT molecular complexity index is 489. The van der Waals surface area contributed by atoms with Crippen molar-refractivity contribution in [3.8, 4) is 0 Å². The summed E-state index contributed by atoms with van der Waals surface area (Å²) in [6.45, 7) is 4.16. The van der Waals surface area contributed by atoms with Crippen LogP contribution in [0.4, 0.5) is 6.01 Å². The van der Waals surface area contributed by atoms with Gasteiger partial charge in [-0.1, -0.05) is 5.10 Å². The van der Waals surface area contributed by atoms with E-state index < -0.39 is 0 Å². The van der Waals surface area contributed by atoms with Crippen molar-refractivity contribution in [2.75, 3.05) is 5.32 Å². The summed E-state index contributed by atoms with van der Waals surface area (Å²) in [5.74, 6) is 3.39. The molecule has 2 atom stereocenters. The third-order valence-electron chi connectivity index (χ3n) is 6.17. The molecule has 0 spiro atoms. The van der Waals surface area contributed by atoms with Crippen molar-refractivity contribution < 1.29 is 4.42 Å². The molecule has 5 nitrogen and oxygen atoms in total. The second-order valence-corrected chi connectivity index (χ2v) is 7.88. The van der Waals surface area contributed by atoms with Gasteiger partial charge >= 0.3 is 6.01 Å². The average Bonchev–Trinajstić information content (AvgIpc) is 2.85. The molecule has 2 unspecified atom stereocenters. The second kappa shape index (κ2) is 4.70. The maximum Gasteiger partial charge on any atom is 0.315 e. The summed E-state index contributed by atoms with van der Waals surface area (Å²) in [5, 5.41) is 11.6. The predicted molar refractivity (Wildman–Crippen MR) is 80.6 cm³/mol. The summed E-state index contributed by atoms with van der Waals surface area (Å²) >= 11 is 0. The van der Waals surface area contributed by atoms with Crippen LogP contribution in [0.15, 0.2) is 4.42 Å². The molecule has 0 aromatic carbocycles. The maximum atomic E-state index is 5.78. The molecule has 0 saturated heterocycles. The van der Waals surface area contributed by atoms with Crippen LogP contribution in [0.1, 0.15) is 64.3 Å². The zero-order valence-electron chi connectivity index (χ0n) is 13.0. The van der Waals surface area contributed by atoms with E-state index in [0.717, 1.165) is 17.8 Å². The summed E-state index contributed by atoms with van der Waals surface area (Å²) in [7, 11) is 0. The molecule has 0 aliphatic heterocycles. The highest BCUT2D eigenvalue weighted by atomic mass is 16.4. The highest BCUT2D eigenvalue weighted by Gasteiger charge is 2.53. The Kier molecular flexibility index (Phi) is 3.03. The first-order valence-corrected chi connectivity index (χ1v) is 8.39. The SMILES string of the molecule is CC(N)c1nnc(NC(C)C23CC4CC(CC(C4)C2)C3)o1. The van der Waals surface area contributed by atoms with Gasteiger partial charge in [0, 0.05) is 6.04 Å². The first-order chi connectivity index (χ1) is 10.0. The average molecular weight is 290 g/mol. The molecular formula is C16H26N4O. The lowest BCUT2D eigenvalue weighted by atomic mass is 9.48. The largest absolute Gasteiger partial charge is 0.406 e. The van der Waals surface area contributed by atoms with E-state index >= 15 is 0 Å². The van der Waals surface area contributed by atoms with Crippen LogP contribution in [-0.2, 0) is 0 Å². The molecule has 0 amide bonds. The molecule has 4 bridgehead atoms. The zero-order chi connectivity index (χ0) is 14.6. The van der Waals surface area contributed by atoms with Crippen LogP contribution in [-0.4, -0.2) is 16.2 Å². The van der Waals surface area contributed by atoms with Gasteiger partial charge in [-0.15, -0.1) is 5.10 Å². The molecule has 5 rings (SSSR count). The highest BCUT2D eigenvalue weighted by molar-refractivity contribution is 5.23. The van der Waals surface area contributed by atoms with Gasteiger partial charge in [-0.2, -0.15) is 0 Å². The quantitative estimate of drug-likeness (QED) is 0.891. The molecule has 4 aliphatic rings. The number of nitrogens with one attached hydrogen (secondary N) is 1. The van der Waals surface area contributed by atoms with Crippen molar-refractivity contribution in [1.82, 2.24) is 10.2 Å². The molecule has 1 heterocycles. The summed E-state index contributed by atoms with van der Waals surface area (Å²) in [6.07, 6.45) is 8.55. The van der Waals surface area contributed by atoms with E-state index in [1.54, 1.807) is 0 Å². The number of rotatable bonds is 4. The van der Waals surface area contributed by atoms with E-state index in [1.807, 2.05) is 6.92 Å². The zero-order valence-corrected chi connectivity index (χ0v) is 13.0. The lowest BCUT2D eigenvalue weighted by Gasteiger charge is -2.59. The smallest absolute Gasteiger partial charge is 0.315 e. The van der Waals surface area contributed by atoms with Gasteiger partial charge in [-0.05, 0) is 75.5 Å². The summed E-state index contributed by atoms with van der Waals surface area (Å²) in [6, 6.07) is 0.723. The Morgan fingerprint density at radius 3 is 2.14 bits per heavy atom. The first-order valence-electron chi connectivity index (χ1n) is 8.39. The Morgan fingerprint density at radius 1 is 1.10 bits per heavy atom. The van der Waals surface area contributed by atoms with Crippen LogP contribution in [0.3, 0.4) is 0 Å². The predicted octanol–water partition coefficient (Wildman–Crippen LogP) is 3.11. The molecule has 116 valence electrons. The standard InChI is InChI=1S/C16H26N4O/c1-9(17)14-19-20-15(21-14)18-10(2)16-6-11-3-12(7-16)5-13(4-11)8-16/h9-13H,3-8,17H2,1-2H3,(H,18,20). The Labute approximate surface area is 126 Å². The number of hydrogen-bond acceptors (Lipinski definition) is 5. The summed E-state index contributed by atoms with van der Waals surface area (Å²) < 4.78 is 5.62. The number of hydrogen-bond donors (Lipinski definition) is 2. The Hall–Kier alpha value is -1.10. The van der Waals surface area contributed by atoms with Crippen molar-refractivity contribution in [3.63, 3.8) is 0 Å². The van der Waals surface area contributed by atoms with Gasteiger partial charge in [0.2, 0.25) is 5.89 Å². The van der Waals surface area contributed by atoms with Crippen LogP contribution >= 0.6 is 0 Å². The van der Waals surface area contributed by atoms with Gasteiger partial charge < -0.3 is 15.5 Å². The van der Waals surface area contributed by atoms with Crippen molar-refractivity contribution >= 4 is 6.01 Å². The van der Waals surface area contributed by atoms with E-state index in [2.05, 4.69) is 22.4 Å². The summed E-state index contributed by atoms with van der Waals surface area (Å²) in [5.41, 5.74) is 6.22. The molecule has 1 aromatic heterocycles. The molecule has 4 aliphatic carbocycles. The first kappa shape index (κ1) is 13.6. The molecule has 0 radical (unpaired) electrons. The minimum Gasteiger partial charge on any atom is -0.406 e. The van der Waals surface area contributed by atoms with E-state index in [-0.39, 0.29) is 6.04 Å². The topological polar surface area (TPSA) is 77.0 Å². The lowest BCUT2D eigenvalue weighted by molar-refractivity contribution is -0.0605. The fourth-order valence-corrected chi connectivity index (χ4v) is 5.52. The van der Waals surface area contributed by atoms with E-state index in [9.17, 15) is 0 Å². The van der Waals surface area contributed by atoms with Crippen LogP contribution < -0.4 is 11.1 Å². The fourth-order valence-electron chi connectivity index (χ4n) is 5.52. The third-order valence-corrected chi connectivity index (χ3v) is 6.17. The van der Waals surface area contributed by atoms with Crippen LogP contribution in [0.5, 0.6) is 0 Å². The van der Waals surface area contributed by atoms with Gasteiger partial charge in [0.05, 0.1) is 6.04 Å². The van der Waals surface area contributed by atoms with E-state index in [4.69, 9.17) is 10.2 Å². The van der Waals surface area contributed by atoms with E-state index in [0.29, 0.717) is 23.4 Å². The van der Waals surface area contributed by atoms with Crippen LogP contribution in [0, 0.1) is 23.2 Å². The number of anilines is 1. The third kappa shape index (κ3) is 2.26. The molecule has 4 saturated carbocycles. The van der Waals surface area contributed by atoms with Crippen molar-refractivity contribution in [1.29, 1.82) is 0 Å².